The Labute approximate surface area is 172 Å². The maximum atomic E-state index is 13.0. The van der Waals surface area contributed by atoms with Crippen LogP contribution in [0.4, 0.5) is 0 Å². The summed E-state index contributed by atoms with van der Waals surface area (Å²) in [5.41, 5.74) is 3.13. The molecule has 0 bridgehead atoms. The van der Waals surface area contributed by atoms with Crippen molar-refractivity contribution in [1.29, 1.82) is 0 Å². The number of amides is 2. The van der Waals surface area contributed by atoms with Gasteiger partial charge in [0.1, 0.15) is 6.04 Å². The van der Waals surface area contributed by atoms with E-state index in [1.165, 1.54) is 5.56 Å². The highest BCUT2D eigenvalue weighted by atomic mass is 35.5. The van der Waals surface area contributed by atoms with E-state index in [2.05, 4.69) is 5.32 Å². The van der Waals surface area contributed by atoms with Gasteiger partial charge in [-0.1, -0.05) is 59.6 Å². The van der Waals surface area contributed by atoms with Gasteiger partial charge >= 0.3 is 0 Å². The van der Waals surface area contributed by atoms with Gasteiger partial charge in [0.2, 0.25) is 11.8 Å². The molecule has 28 heavy (non-hydrogen) atoms. The Hall–Kier alpha value is -2.33. The molecule has 0 unspecified atom stereocenters. The van der Waals surface area contributed by atoms with Gasteiger partial charge in [-0.3, -0.25) is 9.59 Å². The summed E-state index contributed by atoms with van der Waals surface area (Å²) in [7, 11) is 0. The zero-order valence-corrected chi connectivity index (χ0v) is 17.8. The first-order valence-electron chi connectivity index (χ1n) is 9.66. The molecular weight excluding hydrogens is 372 g/mol. The van der Waals surface area contributed by atoms with Gasteiger partial charge in [0.25, 0.3) is 0 Å². The van der Waals surface area contributed by atoms with Crippen LogP contribution >= 0.6 is 11.6 Å². The zero-order valence-electron chi connectivity index (χ0n) is 17.0. The van der Waals surface area contributed by atoms with Crippen molar-refractivity contribution in [3.05, 3.63) is 70.2 Å². The SMILES string of the molecule is Cc1ccc(CCC(=O)N(Cc2ccccc2Cl)[C@@H](C)C(=O)NC(C)C)cc1. The van der Waals surface area contributed by atoms with Gasteiger partial charge < -0.3 is 10.2 Å². The number of nitrogens with one attached hydrogen (secondary N) is 1. The molecule has 0 fully saturated rings. The average molecular weight is 401 g/mol. The van der Waals surface area contributed by atoms with Gasteiger partial charge in [0.15, 0.2) is 0 Å². The number of carbonyl (C=O) groups excluding carboxylic acids is 2. The minimum Gasteiger partial charge on any atom is -0.352 e. The highest BCUT2D eigenvalue weighted by molar-refractivity contribution is 6.31. The Kier molecular flexibility index (Phi) is 8.06. The monoisotopic (exact) mass is 400 g/mol. The molecule has 2 aromatic carbocycles. The van der Waals surface area contributed by atoms with Gasteiger partial charge in [-0.2, -0.15) is 0 Å². The van der Waals surface area contributed by atoms with Crippen LogP contribution in [0.3, 0.4) is 0 Å². The number of rotatable bonds is 8. The van der Waals surface area contributed by atoms with Crippen LogP contribution in [0.25, 0.3) is 0 Å². The Bertz CT molecular complexity index is 803. The molecular formula is C23H29ClN2O2. The molecule has 0 saturated heterocycles. The third kappa shape index (κ3) is 6.38. The van der Waals surface area contributed by atoms with Crippen LogP contribution in [0.15, 0.2) is 48.5 Å². The van der Waals surface area contributed by atoms with E-state index in [1.54, 1.807) is 17.9 Å². The van der Waals surface area contributed by atoms with Crippen molar-refractivity contribution in [2.75, 3.05) is 0 Å². The minimum absolute atomic E-state index is 0.0137. The Balaban J connectivity index is 2.15. The first-order chi connectivity index (χ1) is 13.3. The average Bonchev–Trinajstić information content (AvgIpc) is 2.65. The first-order valence-corrected chi connectivity index (χ1v) is 10.0. The fraction of sp³-hybridized carbons (Fsp3) is 0.391. The van der Waals surface area contributed by atoms with Crippen LogP contribution in [0.2, 0.25) is 5.02 Å². The predicted molar refractivity (Wildman–Crippen MR) is 114 cm³/mol. The summed E-state index contributed by atoms with van der Waals surface area (Å²) in [5, 5.41) is 3.49. The molecule has 1 atom stereocenters. The lowest BCUT2D eigenvalue weighted by atomic mass is 10.1. The molecule has 1 N–H and O–H groups in total. The molecule has 0 saturated carbocycles. The summed E-state index contributed by atoms with van der Waals surface area (Å²) >= 11 is 6.29. The molecule has 0 heterocycles. The molecule has 150 valence electrons. The maximum absolute atomic E-state index is 13.0. The van der Waals surface area contributed by atoms with E-state index < -0.39 is 6.04 Å². The second-order valence-corrected chi connectivity index (χ2v) is 7.85. The second kappa shape index (κ2) is 10.3. The molecule has 0 aliphatic rings. The number of halogens is 1. The van der Waals surface area contributed by atoms with Crippen LogP contribution in [0, 0.1) is 6.92 Å². The van der Waals surface area contributed by atoms with E-state index in [4.69, 9.17) is 11.6 Å². The van der Waals surface area contributed by atoms with Gasteiger partial charge in [-0.15, -0.1) is 0 Å². The molecule has 0 spiro atoms. The molecule has 5 heteroatoms. The maximum Gasteiger partial charge on any atom is 0.242 e. The van der Waals surface area contributed by atoms with Crippen LogP contribution in [-0.4, -0.2) is 28.8 Å². The van der Waals surface area contributed by atoms with E-state index in [0.29, 0.717) is 24.4 Å². The highest BCUT2D eigenvalue weighted by Crippen LogP contribution is 2.20. The van der Waals surface area contributed by atoms with E-state index >= 15 is 0 Å². The summed E-state index contributed by atoms with van der Waals surface area (Å²) in [5.74, 6) is -0.224. The smallest absolute Gasteiger partial charge is 0.242 e. The van der Waals surface area contributed by atoms with Crippen LogP contribution in [0.1, 0.15) is 43.9 Å². The lowest BCUT2D eigenvalue weighted by molar-refractivity contribution is -0.140. The summed E-state index contributed by atoms with van der Waals surface area (Å²) < 4.78 is 0. The fourth-order valence-electron chi connectivity index (χ4n) is 2.95. The fourth-order valence-corrected chi connectivity index (χ4v) is 3.14. The quantitative estimate of drug-likeness (QED) is 0.708. The Morgan fingerprint density at radius 2 is 1.68 bits per heavy atom. The molecule has 0 aromatic heterocycles. The standard InChI is InChI=1S/C23H29ClN2O2/c1-16(2)25-23(28)18(4)26(15-20-7-5-6-8-21(20)24)22(27)14-13-19-11-9-17(3)10-12-19/h5-12,16,18H,13-15H2,1-4H3,(H,25,28)/t18-/m0/s1. The Morgan fingerprint density at radius 3 is 2.29 bits per heavy atom. The van der Waals surface area contributed by atoms with Crippen LogP contribution in [0.5, 0.6) is 0 Å². The summed E-state index contributed by atoms with van der Waals surface area (Å²) in [6.07, 6.45) is 0.976. The van der Waals surface area contributed by atoms with Crippen molar-refractivity contribution in [1.82, 2.24) is 10.2 Å². The van der Waals surface area contributed by atoms with Gasteiger partial charge in [0.05, 0.1) is 0 Å². The lowest BCUT2D eigenvalue weighted by Crippen LogP contribution is -2.49. The number of nitrogens with zero attached hydrogens (tertiary/aromatic N) is 1. The number of hydrogen-bond donors (Lipinski definition) is 1. The van der Waals surface area contributed by atoms with E-state index in [-0.39, 0.29) is 17.9 Å². The topological polar surface area (TPSA) is 49.4 Å². The Morgan fingerprint density at radius 1 is 1.04 bits per heavy atom. The van der Waals surface area contributed by atoms with Gasteiger partial charge in [0, 0.05) is 24.0 Å². The van der Waals surface area contributed by atoms with Crippen molar-refractivity contribution in [3.8, 4) is 0 Å². The zero-order chi connectivity index (χ0) is 20.7. The molecule has 2 aromatic rings. The van der Waals surface area contributed by atoms with Gasteiger partial charge in [-0.25, -0.2) is 0 Å². The van der Waals surface area contributed by atoms with Gasteiger partial charge in [-0.05, 0) is 51.3 Å². The molecule has 2 amide bonds. The number of benzene rings is 2. The summed E-state index contributed by atoms with van der Waals surface area (Å²) in [6.45, 7) is 7.91. The molecule has 0 radical (unpaired) electrons. The molecule has 0 aliphatic heterocycles. The minimum atomic E-state index is -0.579. The van der Waals surface area contributed by atoms with Crippen LogP contribution < -0.4 is 5.32 Å². The van der Waals surface area contributed by atoms with E-state index in [0.717, 1.165) is 11.1 Å². The number of aryl methyl sites for hydroxylation is 2. The summed E-state index contributed by atoms with van der Waals surface area (Å²) in [6, 6.07) is 15.0. The normalized spacial score (nSPS) is 11.9. The second-order valence-electron chi connectivity index (χ2n) is 7.44. The number of carbonyl (C=O) groups is 2. The van der Waals surface area contributed by atoms with Crippen molar-refractivity contribution in [2.45, 2.75) is 59.2 Å². The highest BCUT2D eigenvalue weighted by Gasteiger charge is 2.26. The summed E-state index contributed by atoms with van der Waals surface area (Å²) in [4.78, 5) is 27.2. The molecule has 2 rings (SSSR count). The lowest BCUT2D eigenvalue weighted by Gasteiger charge is -2.29. The van der Waals surface area contributed by atoms with Crippen molar-refractivity contribution >= 4 is 23.4 Å². The molecule has 0 aliphatic carbocycles. The number of hydrogen-bond acceptors (Lipinski definition) is 2. The first kappa shape index (κ1) is 22.0. The largest absolute Gasteiger partial charge is 0.352 e. The van der Waals surface area contributed by atoms with Crippen molar-refractivity contribution < 1.29 is 9.59 Å². The van der Waals surface area contributed by atoms with Crippen molar-refractivity contribution in [3.63, 3.8) is 0 Å². The molecule has 4 nitrogen and oxygen atoms in total. The van der Waals surface area contributed by atoms with E-state index in [1.807, 2.05) is 63.2 Å². The third-order valence-corrected chi connectivity index (χ3v) is 5.01. The van der Waals surface area contributed by atoms with Crippen LogP contribution in [-0.2, 0) is 22.6 Å². The van der Waals surface area contributed by atoms with E-state index in [9.17, 15) is 9.59 Å². The third-order valence-electron chi connectivity index (χ3n) is 4.64. The van der Waals surface area contributed by atoms with Crippen molar-refractivity contribution in [2.24, 2.45) is 0 Å². The predicted octanol–water partition coefficient (Wildman–Crippen LogP) is 4.52.